The molecule has 0 saturated carbocycles. The Morgan fingerprint density at radius 1 is 0.333 bits per heavy atom. The van der Waals surface area contributed by atoms with Crippen LogP contribution < -0.4 is 0 Å². The smallest absolute Gasteiger partial charge is 0.135 e. The molecule has 0 spiro atoms. The van der Waals surface area contributed by atoms with E-state index in [0.29, 0.717) is 0 Å². The molecule has 0 fully saturated rings. The van der Waals surface area contributed by atoms with Gasteiger partial charge in [0, 0.05) is 67.2 Å². The highest BCUT2D eigenvalue weighted by atomic mass is 16.3. The molecule has 0 bridgehead atoms. The summed E-state index contributed by atoms with van der Waals surface area (Å²) in [6.07, 6.45) is 3.92. The van der Waals surface area contributed by atoms with E-state index < -0.39 is 0 Å². The number of nitrogens with zero attached hydrogens (tertiary/aromatic N) is 3. The van der Waals surface area contributed by atoms with Gasteiger partial charge >= 0.3 is 0 Å². The number of hydrogen-bond donors (Lipinski definition) is 0. The first-order chi connectivity index (χ1) is 25.3. The second kappa shape index (κ2) is 10.8. The summed E-state index contributed by atoms with van der Waals surface area (Å²) in [4.78, 5) is 4.74. The summed E-state index contributed by atoms with van der Waals surface area (Å²) in [5, 5.41) is 7.14. The van der Waals surface area contributed by atoms with Gasteiger partial charge in [-0.2, -0.15) is 0 Å². The fourth-order valence-electron chi connectivity index (χ4n) is 8.05. The first-order valence-electron chi connectivity index (χ1n) is 17.3. The number of rotatable bonds is 4. The molecular weight excluding hydrogens is 623 g/mol. The Hall–Kier alpha value is -6.91. The van der Waals surface area contributed by atoms with Gasteiger partial charge in [-0.05, 0) is 90.0 Å². The predicted octanol–water partition coefficient (Wildman–Crippen LogP) is 12.5. The number of furan rings is 1. The van der Waals surface area contributed by atoms with E-state index in [-0.39, 0.29) is 0 Å². The molecule has 4 aromatic heterocycles. The molecule has 11 rings (SSSR count). The van der Waals surface area contributed by atoms with E-state index in [1.54, 1.807) is 0 Å². The molecule has 0 aliphatic heterocycles. The van der Waals surface area contributed by atoms with Crippen molar-refractivity contribution in [2.45, 2.75) is 0 Å². The zero-order chi connectivity index (χ0) is 33.5. The first kappa shape index (κ1) is 28.0. The Morgan fingerprint density at radius 2 is 0.824 bits per heavy atom. The summed E-state index contributed by atoms with van der Waals surface area (Å²) in [6.45, 7) is 0. The van der Waals surface area contributed by atoms with Crippen molar-refractivity contribution in [1.29, 1.82) is 0 Å². The van der Waals surface area contributed by atoms with E-state index in [0.717, 1.165) is 55.6 Å². The van der Waals surface area contributed by atoms with Crippen LogP contribution in [-0.4, -0.2) is 14.1 Å². The number of fused-ring (bicyclic) bond motifs is 9. The summed E-state index contributed by atoms with van der Waals surface area (Å²) >= 11 is 0. The van der Waals surface area contributed by atoms with E-state index in [2.05, 4.69) is 173 Å². The summed E-state index contributed by atoms with van der Waals surface area (Å²) < 4.78 is 11.1. The highest BCUT2D eigenvalue weighted by Gasteiger charge is 2.16. The summed E-state index contributed by atoms with van der Waals surface area (Å²) in [6, 6.07) is 58.5. The van der Waals surface area contributed by atoms with Crippen LogP contribution in [0.3, 0.4) is 0 Å². The topological polar surface area (TPSA) is 35.9 Å². The van der Waals surface area contributed by atoms with Gasteiger partial charge < -0.3 is 13.6 Å². The Bertz CT molecular complexity index is 3090. The fourth-order valence-corrected chi connectivity index (χ4v) is 8.05. The van der Waals surface area contributed by atoms with Crippen LogP contribution in [0, 0.1) is 0 Å². The van der Waals surface area contributed by atoms with Gasteiger partial charge in [-0.1, -0.05) is 84.9 Å². The Labute approximate surface area is 293 Å². The molecule has 11 aromatic rings. The predicted molar refractivity (Wildman–Crippen MR) is 211 cm³/mol. The van der Waals surface area contributed by atoms with Crippen molar-refractivity contribution in [2.24, 2.45) is 0 Å². The van der Waals surface area contributed by atoms with E-state index >= 15 is 0 Å². The van der Waals surface area contributed by atoms with Crippen molar-refractivity contribution in [2.75, 3.05) is 0 Å². The van der Waals surface area contributed by atoms with Crippen LogP contribution in [0.4, 0.5) is 0 Å². The molecule has 4 heterocycles. The highest BCUT2D eigenvalue weighted by Crippen LogP contribution is 2.38. The molecule has 0 unspecified atom stereocenters. The third-order valence-electron chi connectivity index (χ3n) is 10.4. The van der Waals surface area contributed by atoms with Crippen LogP contribution in [0.2, 0.25) is 0 Å². The normalized spacial score (nSPS) is 11.9. The molecule has 0 amide bonds. The third-order valence-corrected chi connectivity index (χ3v) is 10.4. The minimum absolute atomic E-state index is 0.873. The van der Waals surface area contributed by atoms with Crippen LogP contribution in [0.25, 0.3) is 99.2 Å². The molecule has 0 aliphatic carbocycles. The molecule has 4 heteroatoms. The van der Waals surface area contributed by atoms with Crippen LogP contribution >= 0.6 is 0 Å². The Morgan fingerprint density at radius 3 is 1.49 bits per heavy atom. The second-order valence-corrected chi connectivity index (χ2v) is 13.2. The molecule has 0 aliphatic rings. The van der Waals surface area contributed by atoms with Gasteiger partial charge in [-0.3, -0.25) is 4.98 Å². The monoisotopic (exact) mass is 651 g/mol. The number of aromatic nitrogens is 3. The molecule has 7 aromatic carbocycles. The fraction of sp³-hybridized carbons (Fsp3) is 0. The number of hydrogen-bond acceptors (Lipinski definition) is 2. The van der Waals surface area contributed by atoms with Gasteiger partial charge in [-0.25, -0.2) is 0 Å². The molecule has 0 atom stereocenters. The lowest BCUT2D eigenvalue weighted by Gasteiger charge is -2.09. The largest absolute Gasteiger partial charge is 0.456 e. The minimum Gasteiger partial charge on any atom is -0.456 e. The number of benzene rings is 7. The van der Waals surface area contributed by atoms with Gasteiger partial charge in [0.1, 0.15) is 11.2 Å². The molecule has 0 radical (unpaired) electrons. The van der Waals surface area contributed by atoms with E-state index in [9.17, 15) is 0 Å². The van der Waals surface area contributed by atoms with E-state index in [1.807, 2.05) is 12.4 Å². The lowest BCUT2D eigenvalue weighted by Crippen LogP contribution is -1.93. The van der Waals surface area contributed by atoms with Gasteiger partial charge in [0.25, 0.3) is 0 Å². The summed E-state index contributed by atoms with van der Waals surface area (Å²) in [7, 11) is 0. The van der Waals surface area contributed by atoms with Crippen molar-refractivity contribution in [3.05, 3.63) is 176 Å². The van der Waals surface area contributed by atoms with Crippen LogP contribution in [0.5, 0.6) is 0 Å². The number of pyridine rings is 1. The highest BCUT2D eigenvalue weighted by molar-refractivity contribution is 6.12. The molecule has 0 N–H and O–H groups in total. The summed E-state index contributed by atoms with van der Waals surface area (Å²) in [5.74, 6) is 0. The zero-order valence-electron chi connectivity index (χ0n) is 27.5. The Kier molecular flexibility index (Phi) is 5.92. The lowest BCUT2D eigenvalue weighted by molar-refractivity contribution is 0.669. The maximum Gasteiger partial charge on any atom is 0.135 e. The van der Waals surface area contributed by atoms with Crippen LogP contribution in [-0.2, 0) is 0 Å². The molecule has 238 valence electrons. The maximum absolute atomic E-state index is 6.37. The van der Waals surface area contributed by atoms with Gasteiger partial charge in [0.15, 0.2) is 0 Å². The van der Waals surface area contributed by atoms with Crippen molar-refractivity contribution >= 4 is 65.6 Å². The summed E-state index contributed by atoms with van der Waals surface area (Å²) in [5.41, 5.74) is 13.2. The van der Waals surface area contributed by atoms with Crippen molar-refractivity contribution < 1.29 is 4.42 Å². The minimum atomic E-state index is 0.873. The average molecular weight is 652 g/mol. The quantitative estimate of drug-likeness (QED) is 0.190. The second-order valence-electron chi connectivity index (χ2n) is 13.2. The van der Waals surface area contributed by atoms with E-state index in [4.69, 9.17) is 9.40 Å². The molecule has 51 heavy (non-hydrogen) atoms. The van der Waals surface area contributed by atoms with Crippen LogP contribution in [0.15, 0.2) is 181 Å². The third kappa shape index (κ3) is 4.23. The Balaban J connectivity index is 1.03. The van der Waals surface area contributed by atoms with Gasteiger partial charge in [0.2, 0.25) is 0 Å². The number of para-hydroxylation sites is 4. The SMILES string of the molecule is c1ccc(-n2c3ccccc3c3cc(-c4cncc(-c5ccc6oc7ccc(-n8c9ccccc9c9ccccc98)cc7c6c5)c4)ccc32)cc1. The maximum atomic E-state index is 6.37. The first-order valence-corrected chi connectivity index (χ1v) is 17.3. The molecular formula is C47H29N3O. The van der Waals surface area contributed by atoms with Crippen molar-refractivity contribution in [1.82, 2.24) is 14.1 Å². The van der Waals surface area contributed by atoms with Gasteiger partial charge in [-0.15, -0.1) is 0 Å². The van der Waals surface area contributed by atoms with Crippen LogP contribution in [0.1, 0.15) is 0 Å². The average Bonchev–Trinajstić information content (AvgIpc) is 3.85. The standard InChI is InChI=1S/C47H29N3O/c1-2-10-34(11-3-1)49-44-17-9-6-14-38(44)39-25-30(18-21-45(39)49)32-24-33(29-48-28-32)31-19-22-46-40(26-31)41-27-35(20-23-47(41)51-46)50-42-15-7-4-12-36(42)37-13-5-8-16-43(37)50/h1-29H. The van der Waals surface area contributed by atoms with E-state index in [1.165, 1.54) is 43.6 Å². The van der Waals surface area contributed by atoms with Gasteiger partial charge in [0.05, 0.1) is 22.1 Å². The zero-order valence-corrected chi connectivity index (χ0v) is 27.5. The van der Waals surface area contributed by atoms with Crippen molar-refractivity contribution in [3.63, 3.8) is 0 Å². The molecule has 4 nitrogen and oxygen atoms in total. The lowest BCUT2D eigenvalue weighted by atomic mass is 9.99. The molecule has 0 saturated heterocycles. The van der Waals surface area contributed by atoms with Crippen molar-refractivity contribution in [3.8, 4) is 33.6 Å².